The van der Waals surface area contributed by atoms with Gasteiger partial charge in [-0.3, -0.25) is 4.68 Å². The van der Waals surface area contributed by atoms with Crippen molar-refractivity contribution < 1.29 is 5.21 Å². The van der Waals surface area contributed by atoms with E-state index >= 15 is 0 Å². The Balaban J connectivity index is 3.31. The smallest absolute Gasteiger partial charge is 0.175 e. The molecule has 3 N–H and O–H groups in total. The van der Waals surface area contributed by atoms with Gasteiger partial charge in [0.25, 0.3) is 0 Å². The third-order valence-corrected chi connectivity index (χ3v) is 3.38. The fourth-order valence-corrected chi connectivity index (χ4v) is 2.41. The summed E-state index contributed by atoms with van der Waals surface area (Å²) in [4.78, 5) is 2.15. The first-order valence-corrected chi connectivity index (χ1v) is 6.22. The molecular formula is C12H23N5O. The monoisotopic (exact) mass is 253 g/mol. The summed E-state index contributed by atoms with van der Waals surface area (Å²) in [6, 6.07) is 0.407. The maximum absolute atomic E-state index is 8.89. The molecule has 0 aliphatic rings. The van der Waals surface area contributed by atoms with Crippen LogP contribution in [0.5, 0.6) is 0 Å². The van der Waals surface area contributed by atoms with E-state index in [9.17, 15) is 0 Å². The zero-order valence-electron chi connectivity index (χ0n) is 11.8. The number of oxime groups is 1. The molecule has 0 spiro atoms. The molecule has 0 aliphatic heterocycles. The summed E-state index contributed by atoms with van der Waals surface area (Å²) in [5.74, 6) is 0.991. The van der Waals surface area contributed by atoms with Crippen molar-refractivity contribution in [3.63, 3.8) is 0 Å². The molecule has 1 heterocycles. The minimum absolute atomic E-state index is 0.105. The Hall–Kier alpha value is -1.72. The lowest BCUT2D eigenvalue weighted by atomic mass is 10.1. The number of aromatic nitrogens is 2. The number of nitrogens with two attached hydrogens (primary N) is 1. The van der Waals surface area contributed by atoms with Crippen molar-refractivity contribution in [2.45, 2.75) is 39.7 Å². The van der Waals surface area contributed by atoms with E-state index in [4.69, 9.17) is 10.9 Å². The highest BCUT2D eigenvalue weighted by Crippen LogP contribution is 2.25. The molecule has 0 unspecified atom stereocenters. The van der Waals surface area contributed by atoms with Gasteiger partial charge in [-0.1, -0.05) is 19.0 Å². The average Bonchev–Trinajstić information content (AvgIpc) is 2.64. The number of nitrogens with zero attached hydrogens (tertiary/aromatic N) is 4. The molecule has 0 saturated heterocycles. The number of anilines is 1. The number of aryl methyl sites for hydroxylation is 2. The maximum atomic E-state index is 8.89. The molecule has 0 fully saturated rings. The first-order chi connectivity index (χ1) is 8.47. The van der Waals surface area contributed by atoms with Crippen LogP contribution in [-0.2, 0) is 7.05 Å². The van der Waals surface area contributed by atoms with Gasteiger partial charge in [0.2, 0.25) is 0 Å². The summed E-state index contributed by atoms with van der Waals surface area (Å²) in [5.41, 5.74) is 7.22. The third-order valence-electron chi connectivity index (χ3n) is 3.38. The molecule has 0 aliphatic carbocycles. The molecule has 6 heteroatoms. The summed E-state index contributed by atoms with van der Waals surface area (Å²) >= 11 is 0. The van der Waals surface area contributed by atoms with Crippen molar-refractivity contribution in [2.75, 3.05) is 11.9 Å². The lowest BCUT2D eigenvalue weighted by Crippen LogP contribution is -2.33. The Morgan fingerprint density at radius 2 is 2.06 bits per heavy atom. The Labute approximate surface area is 108 Å². The second-order valence-electron chi connectivity index (χ2n) is 4.47. The van der Waals surface area contributed by atoms with Crippen LogP contribution in [0.4, 0.5) is 5.82 Å². The van der Waals surface area contributed by atoms with Crippen LogP contribution in [0.15, 0.2) is 5.16 Å². The van der Waals surface area contributed by atoms with E-state index in [-0.39, 0.29) is 5.84 Å². The van der Waals surface area contributed by atoms with Crippen LogP contribution in [0, 0.1) is 6.92 Å². The molecular weight excluding hydrogens is 230 g/mol. The number of hydrogen-bond acceptors (Lipinski definition) is 4. The van der Waals surface area contributed by atoms with Gasteiger partial charge in [-0.25, -0.2) is 0 Å². The van der Waals surface area contributed by atoms with Gasteiger partial charge in [0, 0.05) is 20.1 Å². The minimum Gasteiger partial charge on any atom is -0.409 e. The normalized spacial score (nSPS) is 12.2. The van der Waals surface area contributed by atoms with E-state index in [1.807, 2.05) is 21.0 Å². The predicted octanol–water partition coefficient (Wildman–Crippen LogP) is 1.45. The molecule has 18 heavy (non-hydrogen) atoms. The van der Waals surface area contributed by atoms with Crippen molar-refractivity contribution in [1.82, 2.24) is 9.78 Å². The predicted molar refractivity (Wildman–Crippen MR) is 73.2 cm³/mol. The molecule has 0 saturated carbocycles. The maximum Gasteiger partial charge on any atom is 0.175 e. The van der Waals surface area contributed by atoms with Crippen molar-refractivity contribution in [3.05, 3.63) is 11.3 Å². The first-order valence-electron chi connectivity index (χ1n) is 6.22. The lowest BCUT2D eigenvalue weighted by molar-refractivity contribution is 0.318. The molecule has 0 bridgehead atoms. The second kappa shape index (κ2) is 5.75. The first kappa shape index (κ1) is 14.3. The van der Waals surface area contributed by atoms with E-state index in [0.717, 1.165) is 24.4 Å². The Kier molecular flexibility index (Phi) is 4.58. The molecule has 0 radical (unpaired) electrons. The van der Waals surface area contributed by atoms with Crippen LogP contribution in [0.25, 0.3) is 0 Å². The fraction of sp³-hybridized carbons (Fsp3) is 0.667. The van der Waals surface area contributed by atoms with Crippen LogP contribution in [-0.4, -0.2) is 33.9 Å². The number of amidine groups is 1. The van der Waals surface area contributed by atoms with Crippen LogP contribution in [0.1, 0.15) is 37.9 Å². The Morgan fingerprint density at radius 1 is 1.50 bits per heavy atom. The van der Waals surface area contributed by atoms with Gasteiger partial charge in [-0.05, 0) is 19.8 Å². The molecule has 0 aromatic carbocycles. The van der Waals surface area contributed by atoms with Gasteiger partial charge in [0.1, 0.15) is 5.82 Å². The highest BCUT2D eigenvalue weighted by Gasteiger charge is 2.23. The highest BCUT2D eigenvalue weighted by molar-refractivity contribution is 6.02. The van der Waals surface area contributed by atoms with E-state index in [1.165, 1.54) is 0 Å². The third kappa shape index (κ3) is 2.42. The van der Waals surface area contributed by atoms with Crippen molar-refractivity contribution in [1.29, 1.82) is 0 Å². The lowest BCUT2D eigenvalue weighted by Gasteiger charge is -2.29. The van der Waals surface area contributed by atoms with Crippen LogP contribution < -0.4 is 10.6 Å². The fourth-order valence-electron chi connectivity index (χ4n) is 2.41. The molecule has 1 aromatic heterocycles. The van der Waals surface area contributed by atoms with Gasteiger partial charge in [-0.15, -0.1) is 0 Å². The van der Waals surface area contributed by atoms with Crippen LogP contribution in [0.2, 0.25) is 0 Å². The highest BCUT2D eigenvalue weighted by atomic mass is 16.4. The van der Waals surface area contributed by atoms with Crippen molar-refractivity contribution in [3.8, 4) is 0 Å². The average molecular weight is 253 g/mol. The van der Waals surface area contributed by atoms with Crippen LogP contribution >= 0.6 is 0 Å². The van der Waals surface area contributed by atoms with Gasteiger partial charge in [0.05, 0.1) is 11.3 Å². The van der Waals surface area contributed by atoms with Gasteiger partial charge >= 0.3 is 0 Å². The van der Waals surface area contributed by atoms with E-state index in [2.05, 4.69) is 29.0 Å². The van der Waals surface area contributed by atoms with Gasteiger partial charge < -0.3 is 15.8 Å². The molecule has 102 valence electrons. The second-order valence-corrected chi connectivity index (χ2v) is 4.47. The zero-order chi connectivity index (χ0) is 13.9. The minimum atomic E-state index is 0.105. The number of rotatable bonds is 5. The molecule has 1 aromatic rings. The summed E-state index contributed by atoms with van der Waals surface area (Å²) in [5, 5.41) is 16.3. The van der Waals surface area contributed by atoms with Crippen molar-refractivity contribution >= 4 is 11.7 Å². The van der Waals surface area contributed by atoms with E-state index in [0.29, 0.717) is 11.6 Å². The Morgan fingerprint density at radius 3 is 2.50 bits per heavy atom. The largest absolute Gasteiger partial charge is 0.409 e. The quantitative estimate of drug-likeness (QED) is 0.360. The molecule has 0 amide bonds. The topological polar surface area (TPSA) is 79.7 Å². The SMILES string of the molecule is CCC(CC)N(C)c1c(C(N)=NO)c(C)nn1C. The van der Waals surface area contributed by atoms with Crippen molar-refractivity contribution in [2.24, 2.45) is 17.9 Å². The summed E-state index contributed by atoms with van der Waals surface area (Å²) in [6.45, 7) is 6.16. The summed E-state index contributed by atoms with van der Waals surface area (Å²) < 4.78 is 1.78. The molecule has 6 nitrogen and oxygen atoms in total. The van der Waals surface area contributed by atoms with E-state index < -0.39 is 0 Å². The molecule has 0 atom stereocenters. The van der Waals surface area contributed by atoms with E-state index in [1.54, 1.807) is 4.68 Å². The summed E-state index contributed by atoms with van der Waals surface area (Å²) in [6.07, 6.45) is 2.07. The standard InChI is InChI=1S/C12H23N5O/c1-6-9(7-2)16(4)12-10(11(13)15-18)8(3)14-17(12)5/h9,18H,6-7H2,1-5H3,(H2,13,15). The Bertz CT molecular complexity index is 434. The van der Waals surface area contributed by atoms with Gasteiger partial charge in [0.15, 0.2) is 5.84 Å². The number of hydrogen-bond donors (Lipinski definition) is 2. The zero-order valence-corrected chi connectivity index (χ0v) is 11.8. The van der Waals surface area contributed by atoms with Gasteiger partial charge in [-0.2, -0.15) is 5.10 Å². The van der Waals surface area contributed by atoms with Crippen LogP contribution in [0.3, 0.4) is 0 Å². The molecule has 1 rings (SSSR count). The summed E-state index contributed by atoms with van der Waals surface area (Å²) in [7, 11) is 3.89.